The van der Waals surface area contributed by atoms with E-state index in [9.17, 15) is 24.0 Å². The maximum atomic E-state index is 13.6. The van der Waals surface area contributed by atoms with E-state index in [0.29, 0.717) is 81.7 Å². The van der Waals surface area contributed by atoms with Gasteiger partial charge in [0, 0.05) is 47.4 Å². The molecule has 3 aromatic heterocycles. The van der Waals surface area contributed by atoms with Gasteiger partial charge in [-0.25, -0.2) is 14.7 Å². The number of H-pyrrole nitrogens is 3. The molecule has 0 unspecified atom stereocenters. The van der Waals surface area contributed by atoms with Gasteiger partial charge in [-0.05, 0) is 142 Å². The largest absolute Gasteiger partial charge is 0.492 e. The molecule has 5 N–H and O–H groups in total. The van der Waals surface area contributed by atoms with Crippen molar-refractivity contribution in [2.24, 2.45) is 0 Å². The molecule has 5 heterocycles. The van der Waals surface area contributed by atoms with E-state index in [1.165, 1.54) is 25.3 Å². The molecule has 0 atom stereocenters. The number of amides is 2. The molecule has 9 rings (SSSR count). The van der Waals surface area contributed by atoms with E-state index in [4.69, 9.17) is 14.0 Å². The summed E-state index contributed by atoms with van der Waals surface area (Å²) in [4.78, 5) is 73.1. The zero-order chi connectivity index (χ0) is 44.7. The number of carbonyl (C=O) groups excluding carboxylic acids is 2. The van der Waals surface area contributed by atoms with Crippen molar-refractivity contribution in [2.75, 3.05) is 63.1 Å². The van der Waals surface area contributed by atoms with Crippen molar-refractivity contribution in [3.8, 4) is 28.4 Å². The van der Waals surface area contributed by atoms with Crippen LogP contribution in [0.3, 0.4) is 0 Å². The van der Waals surface area contributed by atoms with Gasteiger partial charge in [0.05, 0.1) is 22.8 Å². The van der Waals surface area contributed by atoms with Crippen molar-refractivity contribution in [3.63, 3.8) is 0 Å². The molecule has 2 fully saturated rings. The number of hydrogen-bond donors (Lipinski definition) is 5. The quantitative estimate of drug-likeness (QED) is 0.0750. The summed E-state index contributed by atoms with van der Waals surface area (Å²) in [5.74, 6) is 0.967. The van der Waals surface area contributed by atoms with E-state index in [2.05, 4.69) is 41.6 Å². The van der Waals surface area contributed by atoms with Crippen LogP contribution in [0.1, 0.15) is 64.3 Å². The molecule has 0 saturated carbocycles. The Morgan fingerprint density at radius 1 is 0.692 bits per heavy atom. The van der Waals surface area contributed by atoms with E-state index in [1.54, 1.807) is 77.5 Å². The summed E-state index contributed by atoms with van der Waals surface area (Å²) in [6.45, 7) is 6.52. The molecule has 334 valence electrons. The molecule has 4 aromatic carbocycles. The van der Waals surface area contributed by atoms with Crippen molar-refractivity contribution >= 4 is 34.2 Å². The fourth-order valence-corrected chi connectivity index (χ4v) is 8.65. The molecule has 2 aliphatic rings. The van der Waals surface area contributed by atoms with Crippen LogP contribution in [-0.2, 0) is 0 Å². The Labute approximate surface area is 373 Å². The number of para-hydroxylation sites is 1. The highest BCUT2D eigenvalue weighted by atomic mass is 16.5. The SMILES string of the molecule is O=C(Nc1cc(C2CCN(CCOc3ccc(C(=O)Nc4ccccc4-c4cc(=O)o[nH]4)cc3)CC2)cc(-n2ccc3c(=O)[nH]c(=O)[nH]c32)c1)c1ccc(OCCN2CCCCC2)cc1. The predicted molar refractivity (Wildman–Crippen MR) is 248 cm³/mol. The molecular weight excluding hydrogens is 829 g/mol. The van der Waals surface area contributed by atoms with Gasteiger partial charge in [-0.1, -0.05) is 24.6 Å². The number of likely N-dealkylation sites (tertiary alicyclic amines) is 2. The molecule has 0 spiro atoms. The van der Waals surface area contributed by atoms with Crippen molar-refractivity contribution in [1.29, 1.82) is 0 Å². The van der Waals surface area contributed by atoms with Crippen molar-refractivity contribution < 1.29 is 23.6 Å². The molecule has 0 aliphatic carbocycles. The molecular formula is C49H50N8O8. The average Bonchev–Trinajstić information content (AvgIpc) is 3.96. The molecule has 7 aromatic rings. The second-order valence-electron chi connectivity index (χ2n) is 16.5. The van der Waals surface area contributed by atoms with Gasteiger partial charge in [0.25, 0.3) is 17.4 Å². The lowest BCUT2D eigenvalue weighted by Gasteiger charge is -2.32. The number of fused-ring (bicyclic) bond motifs is 1. The Morgan fingerprint density at radius 3 is 2.00 bits per heavy atom. The van der Waals surface area contributed by atoms with Crippen LogP contribution in [0.25, 0.3) is 28.0 Å². The number of aromatic nitrogens is 4. The van der Waals surface area contributed by atoms with Crippen molar-refractivity contribution in [3.05, 3.63) is 157 Å². The van der Waals surface area contributed by atoms with Gasteiger partial charge in [-0.15, -0.1) is 0 Å². The Bertz CT molecular complexity index is 2950. The number of piperidine rings is 2. The summed E-state index contributed by atoms with van der Waals surface area (Å²) in [5.41, 5.74) is 3.66. The van der Waals surface area contributed by atoms with Gasteiger partial charge in [-0.2, -0.15) is 0 Å². The third kappa shape index (κ3) is 10.4. The number of nitrogens with zero attached hydrogens (tertiary/aromatic N) is 3. The average molecular weight is 879 g/mol. The van der Waals surface area contributed by atoms with Crippen LogP contribution in [0.2, 0.25) is 0 Å². The molecule has 2 aliphatic heterocycles. The summed E-state index contributed by atoms with van der Waals surface area (Å²) in [6.07, 6.45) is 7.22. The van der Waals surface area contributed by atoms with Gasteiger partial charge in [0.2, 0.25) is 0 Å². The van der Waals surface area contributed by atoms with E-state index in [0.717, 1.165) is 51.1 Å². The monoisotopic (exact) mass is 878 g/mol. The molecule has 2 saturated heterocycles. The Balaban J connectivity index is 0.818. The van der Waals surface area contributed by atoms with E-state index < -0.39 is 16.9 Å². The Morgan fingerprint density at radius 2 is 1.34 bits per heavy atom. The first kappa shape index (κ1) is 42.9. The van der Waals surface area contributed by atoms with Crippen molar-refractivity contribution in [1.82, 2.24) is 29.5 Å². The van der Waals surface area contributed by atoms with Gasteiger partial charge in [-0.3, -0.25) is 34.2 Å². The van der Waals surface area contributed by atoms with Gasteiger partial charge in [0.15, 0.2) is 0 Å². The lowest BCUT2D eigenvalue weighted by Crippen LogP contribution is -2.35. The fourth-order valence-electron chi connectivity index (χ4n) is 8.65. The second kappa shape index (κ2) is 19.5. The standard InChI is InChI=1S/C49H50N8O8/c58-44-31-43(54-65-44)40-6-2-3-7-42(40)51-47(60)34-10-14-39(15-11-34)64-27-25-56-21-16-32(17-22-56)35-28-36(30-37(29-35)57-23-18-41-45(57)52-49(62)53-48(41)61)50-46(59)33-8-12-38(13-9-33)63-26-24-55-19-4-1-5-20-55/h2-3,6-15,18,23,28-32,54H,1,4-5,16-17,19-22,24-27H2,(H,50,59)(H,51,60)(H2,52,53,61,62). The first-order valence-electron chi connectivity index (χ1n) is 22.0. The summed E-state index contributed by atoms with van der Waals surface area (Å²) in [7, 11) is 0. The summed E-state index contributed by atoms with van der Waals surface area (Å²) in [6, 6.07) is 30.1. The number of nitrogens with one attached hydrogen (secondary N) is 5. The second-order valence-corrected chi connectivity index (χ2v) is 16.5. The first-order chi connectivity index (χ1) is 31.7. The molecule has 16 nitrogen and oxygen atoms in total. The number of anilines is 2. The predicted octanol–water partition coefficient (Wildman–Crippen LogP) is 6.58. The lowest BCUT2D eigenvalue weighted by molar-refractivity contribution is 0.101. The number of carbonyl (C=O) groups is 2. The molecule has 16 heteroatoms. The highest BCUT2D eigenvalue weighted by Gasteiger charge is 2.23. The van der Waals surface area contributed by atoms with Crippen LogP contribution in [0.4, 0.5) is 11.4 Å². The highest BCUT2D eigenvalue weighted by molar-refractivity contribution is 6.06. The Hall–Kier alpha value is -7.43. The van der Waals surface area contributed by atoms with E-state index >= 15 is 0 Å². The zero-order valence-electron chi connectivity index (χ0n) is 35.8. The number of rotatable bonds is 15. The first-order valence-corrected chi connectivity index (χ1v) is 22.0. The topological polar surface area (TPSA) is 200 Å². The maximum Gasteiger partial charge on any atom is 0.357 e. The van der Waals surface area contributed by atoms with Gasteiger partial charge < -0.3 is 29.2 Å². The number of ether oxygens (including phenoxy) is 2. The summed E-state index contributed by atoms with van der Waals surface area (Å²) >= 11 is 0. The third-order valence-corrected chi connectivity index (χ3v) is 12.1. The fraction of sp³-hybridized carbons (Fsp3) is 0.286. The summed E-state index contributed by atoms with van der Waals surface area (Å²) < 4.78 is 18.6. The van der Waals surface area contributed by atoms with E-state index in [-0.39, 0.29) is 17.7 Å². The minimum atomic E-state index is -0.604. The highest BCUT2D eigenvalue weighted by Crippen LogP contribution is 2.33. The zero-order valence-corrected chi connectivity index (χ0v) is 35.8. The Kier molecular flexibility index (Phi) is 12.9. The molecule has 65 heavy (non-hydrogen) atoms. The molecule has 2 amide bonds. The van der Waals surface area contributed by atoms with Gasteiger partial charge >= 0.3 is 11.3 Å². The minimum Gasteiger partial charge on any atom is -0.492 e. The smallest absolute Gasteiger partial charge is 0.357 e. The van der Waals surface area contributed by atoms with Crippen LogP contribution in [0.5, 0.6) is 11.5 Å². The van der Waals surface area contributed by atoms with E-state index in [1.807, 2.05) is 24.3 Å². The maximum absolute atomic E-state index is 13.6. The normalized spacial score (nSPS) is 14.9. The van der Waals surface area contributed by atoms with Crippen LogP contribution >= 0.6 is 0 Å². The van der Waals surface area contributed by atoms with Crippen LogP contribution in [0, 0.1) is 0 Å². The summed E-state index contributed by atoms with van der Waals surface area (Å²) in [5, 5.41) is 8.93. The number of hydrogen-bond acceptors (Lipinski definition) is 10. The lowest BCUT2D eigenvalue weighted by atomic mass is 9.88. The molecule has 0 radical (unpaired) electrons. The molecule has 0 bridgehead atoms. The van der Waals surface area contributed by atoms with Crippen LogP contribution < -0.4 is 37.0 Å². The van der Waals surface area contributed by atoms with Gasteiger partial charge in [0.1, 0.15) is 30.4 Å². The number of benzene rings is 4. The van der Waals surface area contributed by atoms with Crippen molar-refractivity contribution in [2.45, 2.75) is 38.0 Å². The third-order valence-electron chi connectivity index (χ3n) is 12.1. The minimum absolute atomic E-state index is 0.182. The number of aromatic amines is 3. The van der Waals surface area contributed by atoms with Crippen LogP contribution in [0.15, 0.2) is 128 Å². The van der Waals surface area contributed by atoms with Crippen LogP contribution in [-0.4, -0.2) is 93.8 Å².